The van der Waals surface area contributed by atoms with Crippen LogP contribution in [0, 0.1) is 0 Å². The topological polar surface area (TPSA) is 64.8 Å². The Morgan fingerprint density at radius 1 is 1.12 bits per heavy atom. The molecule has 2 aromatic carbocycles. The Morgan fingerprint density at radius 3 is 2.60 bits per heavy atom. The molecular formula is C19H18N2O4. The molecule has 0 aliphatic rings. The van der Waals surface area contributed by atoms with Crippen LogP contribution >= 0.6 is 0 Å². The molecule has 1 amide bonds. The van der Waals surface area contributed by atoms with Gasteiger partial charge in [0.15, 0.2) is 17.2 Å². The Bertz CT molecular complexity index is 845. The number of para-hydroxylation sites is 3. The third-order valence-corrected chi connectivity index (χ3v) is 3.57. The molecule has 0 aliphatic heterocycles. The molecule has 0 unspecified atom stereocenters. The van der Waals surface area contributed by atoms with E-state index in [1.165, 1.54) is 4.90 Å². The Kier molecular flexibility index (Phi) is 5.11. The number of ether oxygens (including phenoxy) is 2. The van der Waals surface area contributed by atoms with Crippen LogP contribution in [0.25, 0.3) is 0 Å². The fraction of sp³-hybridized carbons (Fsp3) is 0.158. The molecule has 1 heterocycles. The summed E-state index contributed by atoms with van der Waals surface area (Å²) < 4.78 is 16.0. The summed E-state index contributed by atoms with van der Waals surface area (Å²) >= 11 is 0. The lowest BCUT2D eigenvalue weighted by molar-refractivity contribution is 0.0983. The summed E-state index contributed by atoms with van der Waals surface area (Å²) in [6, 6.07) is 18.3. The first kappa shape index (κ1) is 16.7. The number of carbonyl (C=O) groups excluding carboxylic acids is 1. The van der Waals surface area contributed by atoms with Crippen LogP contribution < -0.4 is 9.64 Å². The SMILES string of the molecule is COCc1cc(C(=O)N(C)c2ccccc2Oc2ccccc2)no1. The monoisotopic (exact) mass is 338 g/mol. The number of hydrogen-bond acceptors (Lipinski definition) is 5. The van der Waals surface area contributed by atoms with Gasteiger partial charge < -0.3 is 18.9 Å². The summed E-state index contributed by atoms with van der Waals surface area (Å²) in [5.41, 5.74) is 0.844. The van der Waals surface area contributed by atoms with Crippen molar-refractivity contribution in [1.82, 2.24) is 5.16 Å². The maximum absolute atomic E-state index is 12.7. The van der Waals surface area contributed by atoms with Crippen molar-refractivity contribution < 1.29 is 18.8 Å². The number of anilines is 1. The van der Waals surface area contributed by atoms with E-state index in [-0.39, 0.29) is 18.2 Å². The number of aromatic nitrogens is 1. The van der Waals surface area contributed by atoms with Gasteiger partial charge in [-0.1, -0.05) is 35.5 Å². The molecule has 25 heavy (non-hydrogen) atoms. The highest BCUT2D eigenvalue weighted by atomic mass is 16.5. The molecule has 0 spiro atoms. The standard InChI is InChI=1S/C19H18N2O4/c1-21(19(22)16-12-15(13-23-2)25-20-16)17-10-6-7-11-18(17)24-14-8-4-3-5-9-14/h3-12H,13H2,1-2H3. The Hall–Kier alpha value is -3.12. The lowest BCUT2D eigenvalue weighted by atomic mass is 10.2. The molecule has 0 saturated heterocycles. The van der Waals surface area contributed by atoms with Gasteiger partial charge in [0, 0.05) is 20.2 Å². The first-order chi connectivity index (χ1) is 12.2. The molecule has 6 nitrogen and oxygen atoms in total. The van der Waals surface area contributed by atoms with Crippen LogP contribution in [0.5, 0.6) is 11.5 Å². The van der Waals surface area contributed by atoms with Crippen LogP contribution in [-0.4, -0.2) is 25.2 Å². The average molecular weight is 338 g/mol. The summed E-state index contributed by atoms with van der Waals surface area (Å²) in [4.78, 5) is 14.2. The van der Waals surface area contributed by atoms with E-state index in [0.717, 1.165) is 0 Å². The normalized spacial score (nSPS) is 10.5. The second kappa shape index (κ2) is 7.63. The molecule has 6 heteroatoms. The lowest BCUT2D eigenvalue weighted by Crippen LogP contribution is -2.26. The van der Waals surface area contributed by atoms with Gasteiger partial charge >= 0.3 is 0 Å². The van der Waals surface area contributed by atoms with Gasteiger partial charge in [-0.3, -0.25) is 4.79 Å². The third-order valence-electron chi connectivity index (χ3n) is 3.57. The molecule has 0 atom stereocenters. The quantitative estimate of drug-likeness (QED) is 0.682. The second-order valence-corrected chi connectivity index (χ2v) is 5.36. The van der Waals surface area contributed by atoms with Crippen molar-refractivity contribution in [3.8, 4) is 11.5 Å². The molecule has 0 aliphatic carbocycles. The summed E-state index contributed by atoms with van der Waals surface area (Å²) in [5.74, 6) is 1.47. The zero-order valence-corrected chi connectivity index (χ0v) is 14.0. The van der Waals surface area contributed by atoms with Crippen LogP contribution in [0.15, 0.2) is 65.2 Å². The van der Waals surface area contributed by atoms with Gasteiger partial charge in [-0.05, 0) is 24.3 Å². The van der Waals surface area contributed by atoms with Crippen LogP contribution in [0.1, 0.15) is 16.2 Å². The number of hydrogen-bond donors (Lipinski definition) is 0. The van der Waals surface area contributed by atoms with Gasteiger partial charge in [0.25, 0.3) is 5.91 Å². The van der Waals surface area contributed by atoms with E-state index in [4.69, 9.17) is 14.0 Å². The number of methoxy groups -OCH3 is 1. The Labute approximate surface area is 145 Å². The maximum atomic E-state index is 12.7. The van der Waals surface area contributed by atoms with Crippen LogP contribution in [0.3, 0.4) is 0 Å². The highest BCUT2D eigenvalue weighted by Gasteiger charge is 2.21. The van der Waals surface area contributed by atoms with Crippen molar-refractivity contribution in [2.24, 2.45) is 0 Å². The minimum Gasteiger partial charge on any atom is -0.455 e. The van der Waals surface area contributed by atoms with Gasteiger partial charge in [-0.25, -0.2) is 0 Å². The number of amides is 1. The smallest absolute Gasteiger partial charge is 0.280 e. The highest BCUT2D eigenvalue weighted by molar-refractivity contribution is 6.05. The van der Waals surface area contributed by atoms with Crippen LogP contribution in [0.2, 0.25) is 0 Å². The van der Waals surface area contributed by atoms with Gasteiger partial charge in [-0.15, -0.1) is 0 Å². The summed E-state index contributed by atoms with van der Waals surface area (Å²) in [6.45, 7) is 0.262. The summed E-state index contributed by atoms with van der Waals surface area (Å²) in [5, 5.41) is 3.81. The van der Waals surface area contributed by atoms with Crippen molar-refractivity contribution in [2.75, 3.05) is 19.1 Å². The van der Waals surface area contributed by atoms with E-state index < -0.39 is 0 Å². The van der Waals surface area contributed by atoms with Gasteiger partial charge in [0.2, 0.25) is 0 Å². The van der Waals surface area contributed by atoms with E-state index in [9.17, 15) is 4.79 Å². The van der Waals surface area contributed by atoms with E-state index in [1.54, 1.807) is 20.2 Å². The van der Waals surface area contributed by atoms with Crippen molar-refractivity contribution in [1.29, 1.82) is 0 Å². The highest BCUT2D eigenvalue weighted by Crippen LogP contribution is 2.32. The van der Waals surface area contributed by atoms with Crippen molar-refractivity contribution in [2.45, 2.75) is 6.61 Å². The molecule has 3 rings (SSSR count). The van der Waals surface area contributed by atoms with Crippen LogP contribution in [-0.2, 0) is 11.3 Å². The fourth-order valence-electron chi connectivity index (χ4n) is 2.34. The summed E-state index contributed by atoms with van der Waals surface area (Å²) in [6.07, 6.45) is 0. The van der Waals surface area contributed by atoms with Crippen molar-refractivity contribution in [3.63, 3.8) is 0 Å². The largest absolute Gasteiger partial charge is 0.455 e. The number of rotatable bonds is 6. The molecule has 128 valence electrons. The zero-order chi connectivity index (χ0) is 17.6. The summed E-state index contributed by atoms with van der Waals surface area (Å²) in [7, 11) is 3.22. The maximum Gasteiger partial charge on any atom is 0.280 e. The second-order valence-electron chi connectivity index (χ2n) is 5.36. The predicted molar refractivity (Wildman–Crippen MR) is 92.9 cm³/mol. The fourth-order valence-corrected chi connectivity index (χ4v) is 2.34. The molecule has 0 fully saturated rings. The zero-order valence-electron chi connectivity index (χ0n) is 14.0. The van der Waals surface area contributed by atoms with E-state index in [1.807, 2.05) is 54.6 Å². The van der Waals surface area contributed by atoms with Crippen molar-refractivity contribution in [3.05, 3.63) is 72.1 Å². The Balaban J connectivity index is 1.83. The van der Waals surface area contributed by atoms with Crippen molar-refractivity contribution >= 4 is 11.6 Å². The Morgan fingerprint density at radius 2 is 1.84 bits per heavy atom. The van der Waals surface area contributed by atoms with E-state index >= 15 is 0 Å². The minimum atomic E-state index is -0.296. The number of benzene rings is 2. The molecule has 0 N–H and O–H groups in total. The van der Waals surface area contributed by atoms with E-state index in [2.05, 4.69) is 5.16 Å². The number of carbonyl (C=O) groups is 1. The predicted octanol–water partition coefficient (Wildman–Crippen LogP) is 3.89. The molecule has 3 aromatic rings. The molecule has 1 aromatic heterocycles. The van der Waals surface area contributed by atoms with E-state index in [0.29, 0.717) is 22.9 Å². The lowest BCUT2D eigenvalue weighted by Gasteiger charge is -2.19. The molecule has 0 bridgehead atoms. The molecule has 0 radical (unpaired) electrons. The molecule has 0 saturated carbocycles. The minimum absolute atomic E-state index is 0.212. The average Bonchev–Trinajstić information content (AvgIpc) is 3.11. The first-order valence-corrected chi connectivity index (χ1v) is 7.73. The van der Waals surface area contributed by atoms with Gasteiger partial charge in [-0.2, -0.15) is 0 Å². The van der Waals surface area contributed by atoms with Gasteiger partial charge in [0.1, 0.15) is 12.4 Å². The third kappa shape index (κ3) is 3.87. The first-order valence-electron chi connectivity index (χ1n) is 7.73. The number of nitrogens with zero attached hydrogens (tertiary/aromatic N) is 2. The molecular weight excluding hydrogens is 320 g/mol. The van der Waals surface area contributed by atoms with Crippen LogP contribution in [0.4, 0.5) is 5.69 Å². The van der Waals surface area contributed by atoms with Gasteiger partial charge in [0.05, 0.1) is 5.69 Å².